The van der Waals surface area contributed by atoms with Gasteiger partial charge in [-0.2, -0.15) is 0 Å². The third-order valence-corrected chi connectivity index (χ3v) is 7.86. The number of halogens is 3. The van der Waals surface area contributed by atoms with Gasteiger partial charge < -0.3 is 9.64 Å². The molecule has 2 N–H and O–H groups in total. The Bertz CT molecular complexity index is 1270. The average Bonchev–Trinajstić information content (AvgIpc) is 2.93. The maximum Gasteiger partial charge on any atom is 0.249 e. The number of fused-ring (bicyclic) bond motifs is 1. The van der Waals surface area contributed by atoms with Crippen molar-refractivity contribution in [1.82, 2.24) is 15.4 Å². The zero-order chi connectivity index (χ0) is 27.3. The molecular weight excluding hydrogens is 495 g/mol. The molecule has 1 aromatic heterocycles. The fourth-order valence-corrected chi connectivity index (χ4v) is 5.56. The van der Waals surface area contributed by atoms with Gasteiger partial charge in [0, 0.05) is 11.6 Å². The van der Waals surface area contributed by atoms with Crippen LogP contribution in [0.5, 0.6) is 5.75 Å². The Morgan fingerprint density at radius 1 is 1.11 bits per heavy atom. The van der Waals surface area contributed by atoms with Gasteiger partial charge in [-0.3, -0.25) is 15.0 Å². The van der Waals surface area contributed by atoms with Crippen LogP contribution in [0.25, 0.3) is 10.9 Å². The van der Waals surface area contributed by atoms with E-state index < -0.39 is 22.9 Å². The van der Waals surface area contributed by atoms with Crippen LogP contribution in [0, 0.1) is 29.8 Å². The number of carbonyl (C=O) groups excluding carboxylic acids is 1. The maximum absolute atomic E-state index is 13.5. The fourth-order valence-electron chi connectivity index (χ4n) is 5.56. The summed E-state index contributed by atoms with van der Waals surface area (Å²) in [4.78, 5) is 19.5. The summed E-state index contributed by atoms with van der Waals surface area (Å²) < 4.78 is 45.5. The van der Waals surface area contributed by atoms with Crippen LogP contribution in [0.15, 0.2) is 36.5 Å². The average molecular weight is 530 g/mol. The Morgan fingerprint density at radius 2 is 1.82 bits per heavy atom. The highest BCUT2D eigenvalue weighted by Gasteiger charge is 2.40. The van der Waals surface area contributed by atoms with Gasteiger partial charge in [0.05, 0.1) is 18.0 Å². The van der Waals surface area contributed by atoms with E-state index >= 15 is 0 Å². The molecule has 0 unspecified atom stereocenters. The third kappa shape index (κ3) is 6.10. The second kappa shape index (κ2) is 12.1. The van der Waals surface area contributed by atoms with Gasteiger partial charge in [0.15, 0.2) is 17.5 Å². The number of hydrogen-bond acceptors (Lipinski definition) is 5. The van der Waals surface area contributed by atoms with Gasteiger partial charge in [0.1, 0.15) is 5.75 Å². The number of likely N-dealkylation sites (tertiary alicyclic amines) is 1. The number of hydroxylamine groups is 1. The highest BCUT2D eigenvalue weighted by Crippen LogP contribution is 2.38. The lowest BCUT2D eigenvalue weighted by atomic mass is 9.73. The number of amides is 1. The number of pyridine rings is 1. The van der Waals surface area contributed by atoms with Gasteiger partial charge in [0.2, 0.25) is 5.91 Å². The van der Waals surface area contributed by atoms with Gasteiger partial charge in [-0.15, -0.1) is 0 Å². The van der Waals surface area contributed by atoms with E-state index in [-0.39, 0.29) is 5.91 Å². The summed E-state index contributed by atoms with van der Waals surface area (Å²) in [7, 11) is 1.64. The lowest BCUT2D eigenvalue weighted by molar-refractivity contribution is -0.143. The fraction of sp³-hybridized carbons (Fsp3) is 0.448. The number of piperidine rings is 1. The molecule has 38 heavy (non-hydrogen) atoms. The van der Waals surface area contributed by atoms with Gasteiger partial charge in [-0.05, 0) is 119 Å². The Hall–Kier alpha value is -3.17. The zero-order valence-corrected chi connectivity index (χ0v) is 21.8. The minimum absolute atomic E-state index is 0.354. The molecule has 204 valence electrons. The molecule has 1 aliphatic rings. The van der Waals surface area contributed by atoms with E-state index in [1.165, 1.54) is 5.56 Å². The van der Waals surface area contributed by atoms with Crippen LogP contribution in [0.3, 0.4) is 0 Å². The molecule has 9 heteroatoms. The van der Waals surface area contributed by atoms with Crippen LogP contribution in [0.4, 0.5) is 13.2 Å². The first-order valence-corrected chi connectivity index (χ1v) is 13.0. The van der Waals surface area contributed by atoms with E-state index in [2.05, 4.69) is 9.88 Å². The quantitative estimate of drug-likeness (QED) is 0.206. The number of rotatable bonds is 10. The summed E-state index contributed by atoms with van der Waals surface area (Å²) in [5.74, 6) is -3.38. The Labute approximate surface area is 220 Å². The van der Waals surface area contributed by atoms with E-state index in [0.717, 1.165) is 47.2 Å². The normalized spacial score (nSPS) is 15.5. The van der Waals surface area contributed by atoms with Gasteiger partial charge in [0.25, 0.3) is 0 Å². The van der Waals surface area contributed by atoms with Crippen molar-refractivity contribution in [2.45, 2.75) is 51.9 Å². The van der Waals surface area contributed by atoms with Crippen molar-refractivity contribution in [3.63, 3.8) is 0 Å². The summed E-state index contributed by atoms with van der Waals surface area (Å²) in [6, 6.07) is 7.90. The molecule has 0 atom stereocenters. The molecule has 0 radical (unpaired) electrons. The van der Waals surface area contributed by atoms with Crippen LogP contribution in [0.1, 0.15) is 48.8 Å². The molecule has 0 aliphatic carbocycles. The molecule has 4 rings (SSSR count). The molecule has 2 heterocycles. The molecule has 1 amide bonds. The number of carbonyl (C=O) groups is 1. The topological polar surface area (TPSA) is 74.7 Å². The number of hydrogen-bond donors (Lipinski definition) is 2. The Morgan fingerprint density at radius 3 is 2.47 bits per heavy atom. The first kappa shape index (κ1) is 27.9. The molecule has 0 bridgehead atoms. The first-order valence-electron chi connectivity index (χ1n) is 13.0. The highest BCUT2D eigenvalue weighted by atomic mass is 19.2. The number of aromatic nitrogens is 1. The monoisotopic (exact) mass is 529 g/mol. The second-order valence-corrected chi connectivity index (χ2v) is 10.2. The minimum Gasteiger partial charge on any atom is -0.497 e. The van der Waals surface area contributed by atoms with E-state index in [1.807, 2.05) is 36.8 Å². The minimum atomic E-state index is -1.45. The largest absolute Gasteiger partial charge is 0.497 e. The van der Waals surface area contributed by atoms with E-state index in [4.69, 9.17) is 4.74 Å². The number of nitrogens with zero attached hydrogens (tertiary/aromatic N) is 2. The summed E-state index contributed by atoms with van der Waals surface area (Å²) >= 11 is 0. The van der Waals surface area contributed by atoms with Crippen LogP contribution < -0.4 is 10.2 Å². The predicted octanol–water partition coefficient (Wildman–Crippen LogP) is 5.51. The van der Waals surface area contributed by atoms with Crippen molar-refractivity contribution in [3.8, 4) is 5.75 Å². The zero-order valence-electron chi connectivity index (χ0n) is 21.8. The lowest BCUT2D eigenvalue weighted by Gasteiger charge is -2.40. The van der Waals surface area contributed by atoms with Crippen molar-refractivity contribution in [2.24, 2.45) is 5.41 Å². The summed E-state index contributed by atoms with van der Waals surface area (Å²) in [6.45, 7) is 4.08. The molecule has 0 saturated carbocycles. The molecule has 6 nitrogen and oxygen atoms in total. The maximum atomic E-state index is 13.5. The van der Waals surface area contributed by atoms with Crippen molar-refractivity contribution < 1.29 is 27.9 Å². The van der Waals surface area contributed by atoms with Crippen LogP contribution in [0.2, 0.25) is 0 Å². The van der Waals surface area contributed by atoms with Crippen LogP contribution in [-0.4, -0.2) is 47.7 Å². The summed E-state index contributed by atoms with van der Waals surface area (Å²) in [6.07, 6.45) is 6.33. The third-order valence-electron chi connectivity index (χ3n) is 7.86. The molecule has 1 saturated heterocycles. The summed E-state index contributed by atoms with van der Waals surface area (Å²) in [5.41, 5.74) is 4.81. The number of methoxy groups -OCH3 is 1. The first-order chi connectivity index (χ1) is 18.3. The second-order valence-electron chi connectivity index (χ2n) is 10.2. The van der Waals surface area contributed by atoms with E-state index in [0.29, 0.717) is 57.3 Å². The van der Waals surface area contributed by atoms with Crippen molar-refractivity contribution >= 4 is 16.8 Å². The molecule has 3 aromatic rings. The SMILES string of the molecule is COc1ccc2ncc(C)c(CCCC3(C(=O)NO)CCN(CCCc4cc(F)c(F)c(F)c4)CC3)c2c1. The molecule has 1 fully saturated rings. The highest BCUT2D eigenvalue weighted by molar-refractivity contribution is 5.84. The van der Waals surface area contributed by atoms with Crippen LogP contribution in [-0.2, 0) is 17.6 Å². The van der Waals surface area contributed by atoms with E-state index in [1.54, 1.807) is 7.11 Å². The smallest absolute Gasteiger partial charge is 0.249 e. The molecular formula is C29H34F3N3O3. The van der Waals surface area contributed by atoms with Crippen LogP contribution >= 0.6 is 0 Å². The number of benzene rings is 2. The number of ether oxygens (including phenoxy) is 1. The van der Waals surface area contributed by atoms with Crippen molar-refractivity contribution in [3.05, 3.63) is 70.7 Å². The Balaban J connectivity index is 1.35. The lowest BCUT2D eigenvalue weighted by Crippen LogP contribution is -2.48. The predicted molar refractivity (Wildman–Crippen MR) is 139 cm³/mol. The Kier molecular flexibility index (Phi) is 8.89. The summed E-state index contributed by atoms with van der Waals surface area (Å²) in [5, 5.41) is 10.5. The number of nitrogens with one attached hydrogen (secondary N) is 1. The van der Waals surface area contributed by atoms with Gasteiger partial charge in [-0.1, -0.05) is 0 Å². The van der Waals surface area contributed by atoms with Gasteiger partial charge >= 0.3 is 0 Å². The van der Waals surface area contributed by atoms with E-state index in [9.17, 15) is 23.2 Å². The van der Waals surface area contributed by atoms with Crippen molar-refractivity contribution in [1.29, 1.82) is 0 Å². The standard InChI is InChI=1S/C29H34F3N3O3/c1-19-18-33-26-8-7-21(38-2)17-23(26)22(19)6-3-9-29(28(36)34-37)10-13-35(14-11-29)12-4-5-20-15-24(30)27(32)25(31)16-20/h7-8,15-18,37H,3-6,9-14H2,1-2H3,(H,34,36). The molecule has 1 aliphatic heterocycles. The number of aryl methyl sites for hydroxylation is 3. The van der Waals surface area contributed by atoms with Gasteiger partial charge in [-0.25, -0.2) is 18.7 Å². The van der Waals surface area contributed by atoms with Crippen molar-refractivity contribution in [2.75, 3.05) is 26.7 Å². The molecule has 2 aromatic carbocycles. The molecule has 0 spiro atoms.